The topological polar surface area (TPSA) is 32.5 Å². The first-order chi connectivity index (χ1) is 9.06. The number of benzene rings is 1. The lowest BCUT2D eigenvalue weighted by molar-refractivity contribution is 0.00162. The Balaban J connectivity index is 1.90. The molecule has 3 aliphatic rings. The summed E-state index contributed by atoms with van der Waals surface area (Å²) in [5.41, 5.74) is 9.03. The summed E-state index contributed by atoms with van der Waals surface area (Å²) < 4.78 is 14.2. The van der Waals surface area contributed by atoms with Crippen LogP contribution in [0.25, 0.3) is 0 Å². The van der Waals surface area contributed by atoms with Gasteiger partial charge in [-0.1, -0.05) is 6.07 Å². The zero-order valence-corrected chi connectivity index (χ0v) is 11.7. The molecule has 0 aliphatic carbocycles. The van der Waals surface area contributed by atoms with Crippen molar-refractivity contribution in [2.45, 2.75) is 25.9 Å². The number of halogens is 1. The van der Waals surface area contributed by atoms with E-state index in [-0.39, 0.29) is 17.9 Å². The smallest absolute Gasteiger partial charge is 0.128 e. The molecular formula is C15H22FN3. The van der Waals surface area contributed by atoms with Crippen LogP contribution in [0.3, 0.4) is 0 Å². The fraction of sp³-hybridized carbons (Fsp3) is 0.600. The lowest BCUT2D eigenvalue weighted by atomic mass is 9.91. The Hall–Kier alpha value is -0.970. The number of piperazine rings is 3. The number of hydrogen-bond acceptors (Lipinski definition) is 3. The summed E-state index contributed by atoms with van der Waals surface area (Å²) in [6.45, 7) is 9.21. The van der Waals surface area contributed by atoms with Crippen LogP contribution in [0, 0.1) is 19.7 Å². The van der Waals surface area contributed by atoms with Crippen LogP contribution in [-0.4, -0.2) is 48.6 Å². The van der Waals surface area contributed by atoms with Gasteiger partial charge in [0.25, 0.3) is 0 Å². The fourth-order valence-corrected chi connectivity index (χ4v) is 3.54. The van der Waals surface area contributed by atoms with Crippen LogP contribution in [0.2, 0.25) is 0 Å². The summed E-state index contributed by atoms with van der Waals surface area (Å²) in [7, 11) is 0. The van der Waals surface area contributed by atoms with E-state index in [4.69, 9.17) is 5.73 Å². The molecule has 0 spiro atoms. The Morgan fingerprint density at radius 1 is 1.21 bits per heavy atom. The van der Waals surface area contributed by atoms with E-state index in [1.165, 1.54) is 0 Å². The Morgan fingerprint density at radius 2 is 1.89 bits per heavy atom. The first kappa shape index (κ1) is 13.0. The zero-order valence-electron chi connectivity index (χ0n) is 11.7. The highest BCUT2D eigenvalue weighted by Gasteiger charge is 2.37. The molecule has 0 aromatic heterocycles. The molecule has 0 saturated carbocycles. The van der Waals surface area contributed by atoms with E-state index < -0.39 is 0 Å². The number of aryl methyl sites for hydroxylation is 2. The van der Waals surface area contributed by atoms with Crippen molar-refractivity contribution in [1.82, 2.24) is 9.80 Å². The second-order valence-corrected chi connectivity index (χ2v) is 5.91. The number of rotatable bonds is 2. The van der Waals surface area contributed by atoms with Crippen molar-refractivity contribution in [3.05, 3.63) is 34.6 Å². The normalized spacial score (nSPS) is 31.5. The minimum atomic E-state index is -0.233. The molecule has 3 nitrogen and oxygen atoms in total. The van der Waals surface area contributed by atoms with Gasteiger partial charge in [-0.3, -0.25) is 9.80 Å². The van der Waals surface area contributed by atoms with Crippen LogP contribution in [0.1, 0.15) is 22.7 Å². The van der Waals surface area contributed by atoms with Gasteiger partial charge in [-0.15, -0.1) is 0 Å². The monoisotopic (exact) mass is 263 g/mol. The molecule has 3 heterocycles. The molecular weight excluding hydrogens is 241 g/mol. The maximum atomic E-state index is 14.2. The highest BCUT2D eigenvalue weighted by atomic mass is 19.1. The lowest BCUT2D eigenvalue weighted by Crippen LogP contribution is -2.63. The summed E-state index contributed by atoms with van der Waals surface area (Å²) in [5, 5.41) is 0. The van der Waals surface area contributed by atoms with Crippen LogP contribution in [0.4, 0.5) is 4.39 Å². The van der Waals surface area contributed by atoms with Crippen LogP contribution in [0.5, 0.6) is 0 Å². The van der Waals surface area contributed by atoms with Crippen LogP contribution >= 0.6 is 0 Å². The van der Waals surface area contributed by atoms with Crippen molar-refractivity contribution < 1.29 is 4.39 Å². The molecule has 3 aliphatic heterocycles. The van der Waals surface area contributed by atoms with Gasteiger partial charge in [-0.25, -0.2) is 4.39 Å². The second kappa shape index (κ2) is 4.85. The van der Waals surface area contributed by atoms with E-state index in [1.54, 1.807) is 6.07 Å². The summed E-state index contributed by atoms with van der Waals surface area (Å²) >= 11 is 0. The number of nitrogens with two attached hydrogens (primary N) is 1. The molecule has 1 aromatic carbocycles. The van der Waals surface area contributed by atoms with Crippen molar-refractivity contribution in [1.29, 1.82) is 0 Å². The molecule has 0 amide bonds. The molecule has 4 heteroatoms. The number of hydrogen-bond donors (Lipinski definition) is 1. The standard InChI is InChI=1S/C15H22FN3/c1-10-7-11(2)14(12(16)8-10)15(17)13-9-18-3-5-19(13)6-4-18/h7-8,13,15H,3-6,9,17H2,1-2H3. The van der Waals surface area contributed by atoms with E-state index in [9.17, 15) is 4.39 Å². The van der Waals surface area contributed by atoms with Gasteiger partial charge in [0.2, 0.25) is 0 Å². The summed E-state index contributed by atoms with van der Waals surface area (Å²) in [5.74, 6) is -0.150. The number of fused-ring (bicyclic) bond motifs is 3. The third kappa shape index (κ3) is 2.29. The van der Waals surface area contributed by atoms with Crippen LogP contribution in [-0.2, 0) is 0 Å². The summed E-state index contributed by atoms with van der Waals surface area (Å²) in [6, 6.07) is 3.63. The molecule has 3 saturated heterocycles. The summed E-state index contributed by atoms with van der Waals surface area (Å²) in [4.78, 5) is 4.86. The average Bonchev–Trinajstić information content (AvgIpc) is 2.38. The van der Waals surface area contributed by atoms with Gasteiger partial charge >= 0.3 is 0 Å². The molecule has 4 rings (SSSR count). The largest absolute Gasteiger partial charge is 0.323 e. The highest BCUT2D eigenvalue weighted by molar-refractivity contribution is 5.35. The fourth-order valence-electron chi connectivity index (χ4n) is 3.54. The molecule has 2 bridgehead atoms. The van der Waals surface area contributed by atoms with Crippen molar-refractivity contribution in [2.75, 3.05) is 32.7 Å². The van der Waals surface area contributed by atoms with E-state index in [1.807, 2.05) is 19.9 Å². The highest BCUT2D eigenvalue weighted by Crippen LogP contribution is 2.29. The van der Waals surface area contributed by atoms with E-state index >= 15 is 0 Å². The van der Waals surface area contributed by atoms with Crippen molar-refractivity contribution >= 4 is 0 Å². The van der Waals surface area contributed by atoms with Crippen molar-refractivity contribution in [2.24, 2.45) is 5.73 Å². The maximum absolute atomic E-state index is 14.2. The van der Waals surface area contributed by atoms with Gasteiger partial charge in [-0.05, 0) is 31.0 Å². The molecule has 19 heavy (non-hydrogen) atoms. The van der Waals surface area contributed by atoms with Crippen LogP contribution in [0.15, 0.2) is 12.1 Å². The molecule has 2 unspecified atom stereocenters. The number of nitrogens with zero attached hydrogens (tertiary/aromatic N) is 2. The Labute approximate surface area is 114 Å². The lowest BCUT2D eigenvalue weighted by Gasteiger charge is -2.49. The first-order valence-corrected chi connectivity index (χ1v) is 7.05. The van der Waals surface area contributed by atoms with E-state index in [0.717, 1.165) is 43.9 Å². The molecule has 0 radical (unpaired) electrons. The Bertz CT molecular complexity index is 457. The van der Waals surface area contributed by atoms with Gasteiger partial charge in [-0.2, -0.15) is 0 Å². The SMILES string of the molecule is Cc1cc(C)c(C(N)C2CN3CCN2CC3)c(F)c1. The summed E-state index contributed by atoms with van der Waals surface area (Å²) in [6.07, 6.45) is 0. The molecule has 3 fully saturated rings. The third-order valence-electron chi connectivity index (χ3n) is 4.55. The average molecular weight is 263 g/mol. The Kier molecular flexibility index (Phi) is 3.33. The first-order valence-electron chi connectivity index (χ1n) is 7.05. The molecule has 1 aromatic rings. The molecule has 2 N–H and O–H groups in total. The zero-order chi connectivity index (χ0) is 13.6. The predicted octanol–water partition coefficient (Wildman–Crippen LogP) is 1.44. The van der Waals surface area contributed by atoms with Gasteiger partial charge in [0.05, 0.1) is 0 Å². The minimum Gasteiger partial charge on any atom is -0.323 e. The van der Waals surface area contributed by atoms with E-state index in [2.05, 4.69) is 9.80 Å². The maximum Gasteiger partial charge on any atom is 0.128 e. The third-order valence-corrected chi connectivity index (χ3v) is 4.55. The van der Waals surface area contributed by atoms with E-state index in [0.29, 0.717) is 5.56 Å². The molecule has 104 valence electrons. The van der Waals surface area contributed by atoms with Gasteiger partial charge in [0.15, 0.2) is 0 Å². The molecule has 2 atom stereocenters. The van der Waals surface area contributed by atoms with Crippen molar-refractivity contribution in [3.8, 4) is 0 Å². The minimum absolute atomic E-state index is 0.150. The Morgan fingerprint density at radius 3 is 2.42 bits per heavy atom. The predicted molar refractivity (Wildman–Crippen MR) is 74.6 cm³/mol. The quantitative estimate of drug-likeness (QED) is 0.876. The van der Waals surface area contributed by atoms with Gasteiger partial charge in [0.1, 0.15) is 5.82 Å². The van der Waals surface area contributed by atoms with Gasteiger partial charge in [0, 0.05) is 50.4 Å². The van der Waals surface area contributed by atoms with Gasteiger partial charge < -0.3 is 5.73 Å². The van der Waals surface area contributed by atoms with Crippen LogP contribution < -0.4 is 5.73 Å². The second-order valence-electron chi connectivity index (χ2n) is 5.91. The van der Waals surface area contributed by atoms with Crippen molar-refractivity contribution in [3.63, 3.8) is 0 Å².